The maximum absolute atomic E-state index is 13.8. The Morgan fingerprint density at radius 1 is 1.05 bits per heavy atom. The summed E-state index contributed by atoms with van der Waals surface area (Å²) < 4.78 is 13.8. The minimum atomic E-state index is -0.144. The maximum Gasteiger partial charge on any atom is 0.126 e. The van der Waals surface area contributed by atoms with Crippen molar-refractivity contribution >= 4 is 0 Å². The fourth-order valence-electron chi connectivity index (χ4n) is 2.31. The van der Waals surface area contributed by atoms with Gasteiger partial charge in [0.2, 0.25) is 0 Å². The monoisotopic (exact) mass is 257 g/mol. The molecule has 0 heterocycles. The second-order valence-electron chi connectivity index (χ2n) is 4.86. The van der Waals surface area contributed by atoms with Crippen molar-refractivity contribution in [2.45, 2.75) is 26.8 Å². The van der Waals surface area contributed by atoms with E-state index in [1.54, 1.807) is 13.0 Å². The number of halogens is 1. The van der Waals surface area contributed by atoms with Gasteiger partial charge in [0.25, 0.3) is 0 Å². The van der Waals surface area contributed by atoms with Crippen LogP contribution in [-0.4, -0.2) is 6.54 Å². The Bertz CT molecular complexity index is 563. The van der Waals surface area contributed by atoms with Crippen molar-refractivity contribution in [3.63, 3.8) is 0 Å². The zero-order chi connectivity index (χ0) is 13.8. The van der Waals surface area contributed by atoms with E-state index in [0.717, 1.165) is 12.1 Å². The molecule has 0 saturated carbocycles. The van der Waals surface area contributed by atoms with E-state index in [0.29, 0.717) is 5.56 Å². The highest BCUT2D eigenvalue weighted by Crippen LogP contribution is 2.26. The summed E-state index contributed by atoms with van der Waals surface area (Å²) in [4.78, 5) is 0. The molecule has 2 rings (SSSR count). The van der Waals surface area contributed by atoms with E-state index in [1.165, 1.54) is 11.1 Å². The smallest absolute Gasteiger partial charge is 0.126 e. The van der Waals surface area contributed by atoms with E-state index in [2.05, 4.69) is 31.3 Å². The van der Waals surface area contributed by atoms with Crippen LogP contribution in [-0.2, 0) is 0 Å². The zero-order valence-corrected chi connectivity index (χ0v) is 11.7. The van der Waals surface area contributed by atoms with Gasteiger partial charge < -0.3 is 5.32 Å². The Kier molecular flexibility index (Phi) is 4.33. The van der Waals surface area contributed by atoms with Crippen molar-refractivity contribution in [1.29, 1.82) is 0 Å². The number of aryl methyl sites for hydroxylation is 2. The van der Waals surface area contributed by atoms with Crippen LogP contribution in [0.5, 0.6) is 0 Å². The van der Waals surface area contributed by atoms with Crippen molar-refractivity contribution in [2.24, 2.45) is 0 Å². The molecule has 0 aliphatic carbocycles. The first-order valence-electron chi connectivity index (χ1n) is 6.68. The average Bonchev–Trinajstić information content (AvgIpc) is 2.40. The Balaban J connectivity index is 2.45. The van der Waals surface area contributed by atoms with Gasteiger partial charge in [-0.15, -0.1) is 0 Å². The normalized spacial score (nSPS) is 12.4. The van der Waals surface area contributed by atoms with Crippen LogP contribution >= 0.6 is 0 Å². The molecule has 1 atom stereocenters. The molecule has 2 aromatic carbocycles. The number of hydrogen-bond donors (Lipinski definition) is 1. The predicted octanol–water partition coefficient (Wildman–Crippen LogP) is 4.14. The summed E-state index contributed by atoms with van der Waals surface area (Å²) in [7, 11) is 0. The van der Waals surface area contributed by atoms with Crippen molar-refractivity contribution in [2.75, 3.05) is 6.54 Å². The van der Waals surface area contributed by atoms with Gasteiger partial charge in [-0.3, -0.25) is 0 Å². The van der Waals surface area contributed by atoms with Crippen LogP contribution in [0.2, 0.25) is 0 Å². The number of benzene rings is 2. The van der Waals surface area contributed by atoms with Gasteiger partial charge in [-0.25, -0.2) is 4.39 Å². The minimum absolute atomic E-state index is 0.0429. The second kappa shape index (κ2) is 5.98. The number of rotatable bonds is 4. The fraction of sp³-hybridized carbons (Fsp3) is 0.294. The van der Waals surface area contributed by atoms with Crippen LogP contribution in [0.25, 0.3) is 0 Å². The van der Waals surface area contributed by atoms with Crippen molar-refractivity contribution in [1.82, 2.24) is 5.32 Å². The molecule has 19 heavy (non-hydrogen) atoms. The highest BCUT2D eigenvalue weighted by atomic mass is 19.1. The van der Waals surface area contributed by atoms with Gasteiger partial charge in [0.15, 0.2) is 0 Å². The van der Waals surface area contributed by atoms with E-state index in [1.807, 2.05) is 24.3 Å². The van der Waals surface area contributed by atoms with E-state index < -0.39 is 0 Å². The molecule has 100 valence electrons. The number of nitrogens with one attached hydrogen (secondary N) is 1. The number of hydrogen-bond acceptors (Lipinski definition) is 1. The molecule has 0 aliphatic heterocycles. The van der Waals surface area contributed by atoms with Crippen molar-refractivity contribution in [3.8, 4) is 0 Å². The maximum atomic E-state index is 13.8. The summed E-state index contributed by atoms with van der Waals surface area (Å²) in [5.41, 5.74) is 4.07. The van der Waals surface area contributed by atoms with Gasteiger partial charge in [-0.2, -0.15) is 0 Å². The Morgan fingerprint density at radius 2 is 1.79 bits per heavy atom. The highest BCUT2D eigenvalue weighted by molar-refractivity contribution is 5.38. The third kappa shape index (κ3) is 3.02. The molecule has 0 spiro atoms. The Morgan fingerprint density at radius 3 is 2.42 bits per heavy atom. The molecule has 1 unspecified atom stereocenters. The second-order valence-corrected chi connectivity index (χ2v) is 4.86. The van der Waals surface area contributed by atoms with E-state index >= 15 is 0 Å². The lowest BCUT2D eigenvalue weighted by molar-refractivity contribution is 0.596. The molecule has 0 amide bonds. The molecule has 2 heteroatoms. The minimum Gasteiger partial charge on any atom is -0.307 e. The lowest BCUT2D eigenvalue weighted by Gasteiger charge is -2.21. The van der Waals surface area contributed by atoms with Crippen LogP contribution in [0.4, 0.5) is 4.39 Å². The lowest BCUT2D eigenvalue weighted by Crippen LogP contribution is -2.23. The van der Waals surface area contributed by atoms with Crippen LogP contribution in [0.3, 0.4) is 0 Å². The molecular formula is C17H20FN. The third-order valence-electron chi connectivity index (χ3n) is 3.44. The first kappa shape index (κ1) is 13.8. The van der Waals surface area contributed by atoms with Crippen LogP contribution < -0.4 is 5.32 Å². The molecule has 0 aliphatic rings. The lowest BCUT2D eigenvalue weighted by atomic mass is 9.94. The van der Waals surface area contributed by atoms with Gasteiger partial charge in [-0.1, -0.05) is 43.3 Å². The third-order valence-corrected chi connectivity index (χ3v) is 3.44. The van der Waals surface area contributed by atoms with Gasteiger partial charge in [0, 0.05) is 0 Å². The Labute approximate surface area is 114 Å². The van der Waals surface area contributed by atoms with Crippen LogP contribution in [0, 0.1) is 19.7 Å². The van der Waals surface area contributed by atoms with Crippen LogP contribution in [0.1, 0.15) is 35.2 Å². The summed E-state index contributed by atoms with van der Waals surface area (Å²) in [6.45, 7) is 6.78. The van der Waals surface area contributed by atoms with Crippen molar-refractivity contribution in [3.05, 3.63) is 70.5 Å². The van der Waals surface area contributed by atoms with Crippen LogP contribution in [0.15, 0.2) is 42.5 Å². The fourth-order valence-corrected chi connectivity index (χ4v) is 2.31. The SMILES string of the molecule is CCNC(c1ccc(C)c(F)c1)c1ccccc1C. The van der Waals surface area contributed by atoms with E-state index in [4.69, 9.17) is 0 Å². The predicted molar refractivity (Wildman–Crippen MR) is 77.8 cm³/mol. The summed E-state index contributed by atoms with van der Waals surface area (Å²) in [5.74, 6) is -0.144. The largest absolute Gasteiger partial charge is 0.307 e. The van der Waals surface area contributed by atoms with Gasteiger partial charge >= 0.3 is 0 Å². The molecule has 1 nitrogen and oxygen atoms in total. The van der Waals surface area contributed by atoms with Gasteiger partial charge in [0.1, 0.15) is 5.82 Å². The molecule has 0 radical (unpaired) electrons. The quantitative estimate of drug-likeness (QED) is 0.868. The summed E-state index contributed by atoms with van der Waals surface area (Å²) in [5, 5.41) is 3.44. The standard InChI is InChI=1S/C17H20FN/c1-4-19-17(15-8-6-5-7-12(15)2)14-10-9-13(3)16(18)11-14/h5-11,17,19H,4H2,1-3H3. The molecular weight excluding hydrogens is 237 g/mol. The topological polar surface area (TPSA) is 12.0 Å². The Hall–Kier alpha value is -1.67. The molecule has 1 N–H and O–H groups in total. The van der Waals surface area contributed by atoms with Crippen molar-refractivity contribution < 1.29 is 4.39 Å². The molecule has 0 bridgehead atoms. The molecule has 0 fully saturated rings. The van der Waals surface area contributed by atoms with E-state index in [9.17, 15) is 4.39 Å². The van der Waals surface area contributed by atoms with Gasteiger partial charge in [-0.05, 0) is 48.7 Å². The first-order valence-corrected chi connectivity index (χ1v) is 6.68. The average molecular weight is 257 g/mol. The molecule has 0 saturated heterocycles. The summed E-state index contributed by atoms with van der Waals surface area (Å²) in [6.07, 6.45) is 0. The summed E-state index contributed by atoms with van der Waals surface area (Å²) in [6, 6.07) is 13.8. The molecule has 0 aromatic heterocycles. The first-order chi connectivity index (χ1) is 9.13. The van der Waals surface area contributed by atoms with Gasteiger partial charge in [0.05, 0.1) is 6.04 Å². The highest BCUT2D eigenvalue weighted by Gasteiger charge is 2.15. The summed E-state index contributed by atoms with van der Waals surface area (Å²) >= 11 is 0. The van der Waals surface area contributed by atoms with E-state index in [-0.39, 0.29) is 11.9 Å². The zero-order valence-electron chi connectivity index (χ0n) is 11.7. The molecule has 2 aromatic rings.